The molecular formula is C46H28O. The zero-order chi connectivity index (χ0) is 30.9. The van der Waals surface area contributed by atoms with Crippen molar-refractivity contribution >= 4 is 43.1 Å². The predicted octanol–water partition coefficient (Wildman–Crippen LogP) is 13.1. The molecule has 10 rings (SSSR count). The van der Waals surface area contributed by atoms with Gasteiger partial charge in [-0.15, -0.1) is 0 Å². The van der Waals surface area contributed by atoms with Gasteiger partial charge in [0, 0.05) is 10.9 Å². The van der Waals surface area contributed by atoms with E-state index in [0.717, 1.165) is 22.6 Å². The molecule has 218 valence electrons. The van der Waals surface area contributed by atoms with E-state index in [1.165, 1.54) is 76.5 Å². The normalized spacial score (nSPS) is 12.0. The summed E-state index contributed by atoms with van der Waals surface area (Å²) < 4.78 is 6.59. The van der Waals surface area contributed by atoms with Crippen LogP contribution in [0.25, 0.3) is 87.6 Å². The Morgan fingerprint density at radius 1 is 0.298 bits per heavy atom. The Hall–Kier alpha value is -6.18. The summed E-state index contributed by atoms with van der Waals surface area (Å²) in [4.78, 5) is 0. The van der Waals surface area contributed by atoms with Crippen LogP contribution in [0.1, 0.15) is 0 Å². The number of ether oxygens (including phenoxy) is 1. The Morgan fingerprint density at radius 3 is 1.87 bits per heavy atom. The summed E-state index contributed by atoms with van der Waals surface area (Å²) in [5.74, 6) is 1.81. The molecule has 0 aliphatic carbocycles. The van der Waals surface area contributed by atoms with Gasteiger partial charge in [-0.25, -0.2) is 0 Å². The van der Waals surface area contributed by atoms with E-state index in [4.69, 9.17) is 4.74 Å². The molecule has 0 saturated carbocycles. The molecule has 0 radical (unpaired) electrons. The van der Waals surface area contributed by atoms with E-state index in [2.05, 4.69) is 164 Å². The maximum absolute atomic E-state index is 6.59. The van der Waals surface area contributed by atoms with Gasteiger partial charge in [-0.1, -0.05) is 146 Å². The van der Waals surface area contributed by atoms with Crippen molar-refractivity contribution in [3.8, 4) is 56.0 Å². The fourth-order valence-corrected chi connectivity index (χ4v) is 7.64. The lowest BCUT2D eigenvalue weighted by molar-refractivity contribution is 0.487. The number of rotatable bonds is 3. The van der Waals surface area contributed by atoms with Crippen molar-refractivity contribution in [2.75, 3.05) is 0 Å². The van der Waals surface area contributed by atoms with E-state index < -0.39 is 0 Å². The standard InChI is InChI=1S/C46H28O/c1-2-9-29(10-3-1)33-22-23-38-40-16-8-15-39-36(25-26-43(46(39)40)47-44(38)28-33)31-17-19-32(20-18-31)45-37-14-7-5-12-34(37)27-42-35-13-6-4-11-30(35)21-24-41(42)45/h1-28H. The molecule has 1 aliphatic rings. The molecule has 1 heteroatoms. The van der Waals surface area contributed by atoms with Crippen LogP contribution in [0.15, 0.2) is 170 Å². The van der Waals surface area contributed by atoms with E-state index in [1.807, 2.05) is 6.07 Å². The van der Waals surface area contributed by atoms with Crippen molar-refractivity contribution in [1.29, 1.82) is 0 Å². The highest BCUT2D eigenvalue weighted by atomic mass is 16.5. The zero-order valence-electron chi connectivity index (χ0n) is 25.6. The van der Waals surface area contributed by atoms with Gasteiger partial charge in [0.05, 0.1) is 0 Å². The minimum atomic E-state index is 0.901. The fourth-order valence-electron chi connectivity index (χ4n) is 7.64. The minimum Gasteiger partial charge on any atom is -0.456 e. The molecule has 0 atom stereocenters. The van der Waals surface area contributed by atoms with Crippen LogP contribution in [-0.4, -0.2) is 0 Å². The van der Waals surface area contributed by atoms with Crippen molar-refractivity contribution < 1.29 is 4.74 Å². The second kappa shape index (κ2) is 10.2. The summed E-state index contributed by atoms with van der Waals surface area (Å²) >= 11 is 0. The lowest BCUT2D eigenvalue weighted by atomic mass is 9.88. The van der Waals surface area contributed by atoms with Crippen molar-refractivity contribution in [2.24, 2.45) is 0 Å². The fraction of sp³-hybridized carbons (Fsp3) is 0. The van der Waals surface area contributed by atoms with Crippen molar-refractivity contribution in [2.45, 2.75) is 0 Å². The van der Waals surface area contributed by atoms with Gasteiger partial charge in [0.25, 0.3) is 0 Å². The van der Waals surface area contributed by atoms with Gasteiger partial charge in [0.2, 0.25) is 0 Å². The Kier molecular flexibility index (Phi) is 5.64. The largest absolute Gasteiger partial charge is 0.456 e. The molecule has 0 aromatic heterocycles. The van der Waals surface area contributed by atoms with Crippen LogP contribution < -0.4 is 4.74 Å². The molecule has 0 spiro atoms. The van der Waals surface area contributed by atoms with E-state index in [1.54, 1.807) is 0 Å². The maximum atomic E-state index is 6.59. The van der Waals surface area contributed by atoms with E-state index >= 15 is 0 Å². The van der Waals surface area contributed by atoms with E-state index in [9.17, 15) is 0 Å². The SMILES string of the molecule is c1ccc(-c2ccc3c(c2)Oc2ccc(-c4ccc(-c5c6ccccc6cc6c5ccc5ccccc56)cc4)c4cccc-3c24)cc1. The second-order valence-corrected chi connectivity index (χ2v) is 12.5. The molecular weight excluding hydrogens is 569 g/mol. The first-order valence-corrected chi connectivity index (χ1v) is 16.2. The molecule has 9 aromatic carbocycles. The van der Waals surface area contributed by atoms with Gasteiger partial charge in [0.1, 0.15) is 11.5 Å². The Bertz CT molecular complexity index is 2680. The van der Waals surface area contributed by atoms with Crippen LogP contribution in [0.4, 0.5) is 0 Å². The van der Waals surface area contributed by atoms with Crippen molar-refractivity contribution in [1.82, 2.24) is 0 Å². The van der Waals surface area contributed by atoms with Crippen LogP contribution in [-0.2, 0) is 0 Å². The van der Waals surface area contributed by atoms with Crippen LogP contribution >= 0.6 is 0 Å². The summed E-state index contributed by atoms with van der Waals surface area (Å²) in [6.07, 6.45) is 0. The summed E-state index contributed by atoms with van der Waals surface area (Å²) in [6.45, 7) is 0. The summed E-state index contributed by atoms with van der Waals surface area (Å²) in [5.41, 5.74) is 9.59. The van der Waals surface area contributed by atoms with Crippen molar-refractivity contribution in [3.05, 3.63) is 170 Å². The molecule has 0 unspecified atom stereocenters. The average Bonchev–Trinajstić information content (AvgIpc) is 3.14. The van der Waals surface area contributed by atoms with Gasteiger partial charge in [-0.3, -0.25) is 0 Å². The highest BCUT2D eigenvalue weighted by Crippen LogP contribution is 2.49. The Balaban J connectivity index is 1.10. The smallest absolute Gasteiger partial charge is 0.135 e. The first kappa shape index (κ1) is 26.1. The first-order chi connectivity index (χ1) is 23.3. The summed E-state index contributed by atoms with van der Waals surface area (Å²) in [5, 5.41) is 10.0. The molecule has 1 heterocycles. The van der Waals surface area contributed by atoms with E-state index in [0.29, 0.717) is 0 Å². The van der Waals surface area contributed by atoms with Gasteiger partial charge >= 0.3 is 0 Å². The molecule has 1 nitrogen and oxygen atoms in total. The first-order valence-electron chi connectivity index (χ1n) is 16.2. The minimum absolute atomic E-state index is 0.901. The Morgan fingerprint density at radius 2 is 1.00 bits per heavy atom. The average molecular weight is 597 g/mol. The molecule has 0 amide bonds. The third-order valence-electron chi connectivity index (χ3n) is 9.86. The number of benzene rings is 9. The quantitative estimate of drug-likeness (QED) is 0.146. The molecule has 0 N–H and O–H groups in total. The predicted molar refractivity (Wildman–Crippen MR) is 198 cm³/mol. The molecule has 47 heavy (non-hydrogen) atoms. The zero-order valence-corrected chi connectivity index (χ0v) is 25.6. The van der Waals surface area contributed by atoms with Gasteiger partial charge in [-0.2, -0.15) is 0 Å². The number of fused-ring (bicyclic) bond motifs is 6. The number of hydrogen-bond donors (Lipinski definition) is 0. The monoisotopic (exact) mass is 596 g/mol. The van der Waals surface area contributed by atoms with Crippen LogP contribution in [0, 0.1) is 0 Å². The maximum Gasteiger partial charge on any atom is 0.135 e. The molecule has 0 fully saturated rings. The summed E-state index contributed by atoms with van der Waals surface area (Å²) in [7, 11) is 0. The van der Waals surface area contributed by atoms with Crippen molar-refractivity contribution in [3.63, 3.8) is 0 Å². The third kappa shape index (κ3) is 4.03. The second-order valence-electron chi connectivity index (χ2n) is 12.5. The highest BCUT2D eigenvalue weighted by molar-refractivity contribution is 6.20. The third-order valence-corrected chi connectivity index (χ3v) is 9.86. The number of hydrogen-bond acceptors (Lipinski definition) is 1. The van der Waals surface area contributed by atoms with Gasteiger partial charge < -0.3 is 4.74 Å². The van der Waals surface area contributed by atoms with Gasteiger partial charge in [0.15, 0.2) is 0 Å². The highest BCUT2D eigenvalue weighted by Gasteiger charge is 2.22. The van der Waals surface area contributed by atoms with Gasteiger partial charge in [-0.05, 0) is 101 Å². The topological polar surface area (TPSA) is 9.23 Å². The molecule has 0 bridgehead atoms. The lowest BCUT2D eigenvalue weighted by Gasteiger charge is -2.23. The lowest BCUT2D eigenvalue weighted by Crippen LogP contribution is -1.98. The Labute approximate surface area is 272 Å². The van der Waals surface area contributed by atoms with Crippen LogP contribution in [0.5, 0.6) is 11.5 Å². The van der Waals surface area contributed by atoms with Crippen LogP contribution in [0.2, 0.25) is 0 Å². The molecule has 9 aromatic rings. The molecule has 0 saturated heterocycles. The van der Waals surface area contributed by atoms with Crippen LogP contribution in [0.3, 0.4) is 0 Å². The molecule has 1 aliphatic heterocycles. The summed E-state index contributed by atoms with van der Waals surface area (Å²) in [6, 6.07) is 61.5. The van der Waals surface area contributed by atoms with E-state index in [-0.39, 0.29) is 0 Å².